The lowest BCUT2D eigenvalue weighted by atomic mass is 9.98. The predicted octanol–water partition coefficient (Wildman–Crippen LogP) is 2.37. The van der Waals surface area contributed by atoms with E-state index in [1.54, 1.807) is 11.8 Å². The molecule has 1 fully saturated rings. The summed E-state index contributed by atoms with van der Waals surface area (Å²) in [5, 5.41) is 0. The van der Waals surface area contributed by atoms with Crippen LogP contribution in [0.15, 0.2) is 18.2 Å². The summed E-state index contributed by atoms with van der Waals surface area (Å²) in [7, 11) is 0. The Morgan fingerprint density at radius 2 is 1.95 bits per heavy atom. The van der Waals surface area contributed by atoms with Gasteiger partial charge < -0.3 is 4.90 Å². The Balaban J connectivity index is 1.85. The molecule has 3 rings (SSSR count). The zero-order valence-corrected chi connectivity index (χ0v) is 11.3. The lowest BCUT2D eigenvalue weighted by molar-refractivity contribution is -0.128. The van der Waals surface area contributed by atoms with E-state index in [2.05, 4.69) is 6.07 Å². The van der Waals surface area contributed by atoms with Crippen LogP contribution in [0.3, 0.4) is 0 Å². The fraction of sp³-hybridized carbons (Fsp3) is 0.500. The van der Waals surface area contributed by atoms with Crippen LogP contribution in [0.1, 0.15) is 47.7 Å². The van der Waals surface area contributed by atoms with Crippen molar-refractivity contribution in [1.82, 2.24) is 4.90 Å². The molecule has 3 nitrogen and oxygen atoms in total. The van der Waals surface area contributed by atoms with Crippen molar-refractivity contribution >= 4 is 11.7 Å². The summed E-state index contributed by atoms with van der Waals surface area (Å²) in [5.74, 6) is 0.124. The molecule has 1 heterocycles. The Hall–Kier alpha value is -1.64. The SMILES string of the molecule is CC(=O)N1CCCC1C(=O)c1ccc2c(c1)CCC2. The van der Waals surface area contributed by atoms with E-state index in [4.69, 9.17) is 0 Å². The van der Waals surface area contributed by atoms with Gasteiger partial charge in [-0.15, -0.1) is 0 Å². The van der Waals surface area contributed by atoms with Gasteiger partial charge in [0.1, 0.15) is 0 Å². The molecule has 1 aromatic rings. The minimum atomic E-state index is -0.239. The third-order valence-corrected chi connectivity index (χ3v) is 4.34. The molecule has 1 aliphatic carbocycles. The summed E-state index contributed by atoms with van der Waals surface area (Å²) >= 11 is 0. The molecular weight excluding hydrogens is 238 g/mol. The second-order valence-corrected chi connectivity index (χ2v) is 5.57. The predicted molar refractivity (Wildman–Crippen MR) is 73.2 cm³/mol. The molecule has 0 bridgehead atoms. The first-order valence-electron chi connectivity index (χ1n) is 7.10. The average Bonchev–Trinajstić information content (AvgIpc) is 3.05. The van der Waals surface area contributed by atoms with Crippen LogP contribution in [0.5, 0.6) is 0 Å². The lowest BCUT2D eigenvalue weighted by Crippen LogP contribution is -2.39. The number of hydrogen-bond donors (Lipinski definition) is 0. The van der Waals surface area contributed by atoms with Gasteiger partial charge in [0, 0.05) is 19.0 Å². The second-order valence-electron chi connectivity index (χ2n) is 5.57. The second kappa shape index (κ2) is 4.80. The Bertz CT molecular complexity index is 536. The number of carbonyl (C=O) groups is 2. The van der Waals surface area contributed by atoms with E-state index in [1.807, 2.05) is 12.1 Å². The van der Waals surface area contributed by atoms with Gasteiger partial charge in [-0.1, -0.05) is 12.1 Å². The number of benzene rings is 1. The number of hydrogen-bond acceptors (Lipinski definition) is 2. The van der Waals surface area contributed by atoms with Gasteiger partial charge in [-0.2, -0.15) is 0 Å². The summed E-state index contributed by atoms with van der Waals surface area (Å²) in [6, 6.07) is 5.82. The molecule has 1 atom stereocenters. The first-order chi connectivity index (χ1) is 9.16. The van der Waals surface area contributed by atoms with Gasteiger partial charge in [-0.05, 0) is 49.3 Å². The van der Waals surface area contributed by atoms with Crippen LogP contribution < -0.4 is 0 Å². The molecule has 19 heavy (non-hydrogen) atoms. The first kappa shape index (κ1) is 12.4. The zero-order valence-electron chi connectivity index (χ0n) is 11.3. The van der Waals surface area contributed by atoms with Crippen molar-refractivity contribution in [1.29, 1.82) is 0 Å². The Morgan fingerprint density at radius 3 is 2.74 bits per heavy atom. The summed E-state index contributed by atoms with van der Waals surface area (Å²) < 4.78 is 0. The maximum Gasteiger partial charge on any atom is 0.220 e. The number of Topliss-reactive ketones (excluding diaryl/α,β-unsaturated/α-hetero) is 1. The minimum absolute atomic E-state index is 0.0111. The highest BCUT2D eigenvalue weighted by molar-refractivity contribution is 6.02. The summed E-state index contributed by atoms with van der Waals surface area (Å²) in [6.07, 6.45) is 5.14. The van der Waals surface area contributed by atoms with Gasteiger partial charge >= 0.3 is 0 Å². The standard InChI is InChI=1S/C16H19NO2/c1-11(18)17-9-3-6-15(17)16(19)14-8-7-12-4-2-5-13(12)10-14/h7-8,10,15H,2-6,9H2,1H3. The van der Waals surface area contributed by atoms with E-state index in [0.29, 0.717) is 0 Å². The average molecular weight is 257 g/mol. The zero-order chi connectivity index (χ0) is 13.4. The molecule has 0 saturated carbocycles. The molecule has 3 heteroatoms. The highest BCUT2D eigenvalue weighted by atomic mass is 16.2. The highest BCUT2D eigenvalue weighted by Gasteiger charge is 2.33. The number of carbonyl (C=O) groups excluding carboxylic acids is 2. The normalized spacial score (nSPS) is 21.5. The maximum absolute atomic E-state index is 12.6. The van der Waals surface area contributed by atoms with E-state index in [-0.39, 0.29) is 17.7 Å². The third-order valence-electron chi connectivity index (χ3n) is 4.34. The van der Waals surface area contributed by atoms with Crippen LogP contribution in [0, 0.1) is 0 Å². The smallest absolute Gasteiger partial charge is 0.220 e. The molecule has 100 valence electrons. The van der Waals surface area contributed by atoms with Crippen LogP contribution in [0.25, 0.3) is 0 Å². The molecule has 0 aromatic heterocycles. The first-order valence-corrected chi connectivity index (χ1v) is 7.10. The monoisotopic (exact) mass is 257 g/mol. The summed E-state index contributed by atoms with van der Waals surface area (Å²) in [4.78, 5) is 25.8. The van der Waals surface area contributed by atoms with Gasteiger partial charge in [0.25, 0.3) is 0 Å². The van der Waals surface area contributed by atoms with E-state index in [0.717, 1.165) is 37.8 Å². The van der Waals surface area contributed by atoms with Crippen molar-refractivity contribution < 1.29 is 9.59 Å². The molecule has 0 spiro atoms. The molecular formula is C16H19NO2. The van der Waals surface area contributed by atoms with Crippen molar-refractivity contribution in [2.75, 3.05) is 6.54 Å². The lowest BCUT2D eigenvalue weighted by Gasteiger charge is -2.22. The Kier molecular flexibility index (Phi) is 3.13. The molecule has 1 aromatic carbocycles. The number of amides is 1. The van der Waals surface area contributed by atoms with Gasteiger partial charge in [0.15, 0.2) is 5.78 Å². The van der Waals surface area contributed by atoms with Crippen LogP contribution in [-0.4, -0.2) is 29.2 Å². The van der Waals surface area contributed by atoms with Crippen molar-refractivity contribution in [2.45, 2.75) is 45.1 Å². The molecule has 2 aliphatic rings. The molecule has 1 amide bonds. The molecule has 0 radical (unpaired) electrons. The third kappa shape index (κ3) is 2.18. The maximum atomic E-state index is 12.6. The molecule has 1 saturated heterocycles. The van der Waals surface area contributed by atoms with Crippen molar-refractivity contribution in [3.63, 3.8) is 0 Å². The van der Waals surface area contributed by atoms with E-state index in [9.17, 15) is 9.59 Å². The van der Waals surface area contributed by atoms with Crippen molar-refractivity contribution in [3.05, 3.63) is 34.9 Å². The quantitative estimate of drug-likeness (QED) is 0.763. The van der Waals surface area contributed by atoms with Gasteiger partial charge in [0.2, 0.25) is 5.91 Å². The van der Waals surface area contributed by atoms with Crippen molar-refractivity contribution in [3.8, 4) is 0 Å². The fourth-order valence-corrected chi connectivity index (χ4v) is 3.33. The van der Waals surface area contributed by atoms with E-state index in [1.165, 1.54) is 17.5 Å². The van der Waals surface area contributed by atoms with Gasteiger partial charge in [0.05, 0.1) is 6.04 Å². The largest absolute Gasteiger partial charge is 0.333 e. The number of aryl methyl sites for hydroxylation is 2. The van der Waals surface area contributed by atoms with Crippen LogP contribution in [-0.2, 0) is 17.6 Å². The Labute approximate surface area is 113 Å². The van der Waals surface area contributed by atoms with Crippen LogP contribution in [0.4, 0.5) is 0 Å². The van der Waals surface area contributed by atoms with E-state index < -0.39 is 0 Å². The number of fused-ring (bicyclic) bond motifs is 1. The van der Waals surface area contributed by atoms with Crippen LogP contribution >= 0.6 is 0 Å². The van der Waals surface area contributed by atoms with Gasteiger partial charge in [-0.3, -0.25) is 9.59 Å². The van der Waals surface area contributed by atoms with Crippen molar-refractivity contribution in [2.24, 2.45) is 0 Å². The molecule has 1 aliphatic heterocycles. The van der Waals surface area contributed by atoms with E-state index >= 15 is 0 Å². The highest BCUT2D eigenvalue weighted by Crippen LogP contribution is 2.26. The Morgan fingerprint density at radius 1 is 1.16 bits per heavy atom. The summed E-state index contributed by atoms with van der Waals surface area (Å²) in [6.45, 7) is 2.27. The number of rotatable bonds is 2. The van der Waals surface area contributed by atoms with Gasteiger partial charge in [-0.25, -0.2) is 0 Å². The number of likely N-dealkylation sites (tertiary alicyclic amines) is 1. The number of ketones is 1. The topological polar surface area (TPSA) is 37.4 Å². The molecule has 1 unspecified atom stereocenters. The fourth-order valence-electron chi connectivity index (χ4n) is 3.33. The number of nitrogens with zero attached hydrogens (tertiary/aromatic N) is 1. The molecule has 0 N–H and O–H groups in total. The van der Waals surface area contributed by atoms with Crippen LogP contribution in [0.2, 0.25) is 0 Å². The minimum Gasteiger partial charge on any atom is -0.333 e. The summed E-state index contributed by atoms with van der Waals surface area (Å²) in [5.41, 5.74) is 3.48.